The molecule has 106 valence electrons. The van der Waals surface area contributed by atoms with Crippen molar-refractivity contribution in [3.8, 4) is 0 Å². The third-order valence-corrected chi connectivity index (χ3v) is 7.62. The molecule has 1 aromatic rings. The van der Waals surface area contributed by atoms with Crippen LogP contribution in [0.15, 0.2) is 24.3 Å². The maximum absolute atomic E-state index is 13.1. The highest BCUT2D eigenvalue weighted by molar-refractivity contribution is 6.73. The Labute approximate surface area is 118 Å². The smallest absolute Gasteiger partial charge is 0.166 e. The Hall–Kier alpha value is -0.458. The monoisotopic (exact) mass is 286 g/mol. The summed E-state index contributed by atoms with van der Waals surface area (Å²) in [6.07, 6.45) is -4.23. The van der Waals surface area contributed by atoms with Gasteiger partial charge in [-0.15, -0.1) is 0 Å². The third kappa shape index (κ3) is 5.20. The molecule has 0 aromatic heterocycles. The normalized spacial score (nSPS) is 12.3. The Kier molecular flexibility index (Phi) is 5.95. The molecule has 1 rings (SSSR count). The summed E-state index contributed by atoms with van der Waals surface area (Å²) < 4.78 is 39.9. The molecule has 0 amide bonds. The first-order chi connectivity index (χ1) is 8.71. The molecule has 0 saturated carbocycles. The minimum absolute atomic E-state index is 0.409. The molecule has 0 radical (unpaired) electrons. The molecule has 0 aliphatic heterocycles. The van der Waals surface area contributed by atoms with Crippen LogP contribution in [0.4, 0.5) is 13.2 Å². The average molecular weight is 286 g/mol. The van der Waals surface area contributed by atoms with Crippen LogP contribution in [0.1, 0.15) is 33.3 Å². The second kappa shape index (κ2) is 6.81. The molecule has 0 spiro atoms. The molecule has 0 N–H and O–H groups in total. The van der Waals surface area contributed by atoms with Crippen LogP contribution in [0.5, 0.6) is 0 Å². The lowest BCUT2D eigenvalue weighted by Gasteiger charge is -2.21. The first-order valence-corrected chi connectivity index (χ1v) is 9.09. The second-order valence-electron chi connectivity index (χ2n) is 6.04. The lowest BCUT2D eigenvalue weighted by Crippen LogP contribution is -2.37. The van der Waals surface area contributed by atoms with Crippen LogP contribution < -0.4 is 4.43 Å². The zero-order valence-electron chi connectivity index (χ0n) is 12.1. The molecule has 0 unspecified atom stereocenters. The summed E-state index contributed by atoms with van der Waals surface area (Å²) in [5.41, 5.74) is -0.409. The number of halogens is 3. The minimum atomic E-state index is -4.23. The first-order valence-electron chi connectivity index (χ1n) is 6.88. The van der Waals surface area contributed by atoms with Crippen LogP contribution in [0.25, 0.3) is 0 Å². The van der Waals surface area contributed by atoms with E-state index in [1.807, 2.05) is 0 Å². The SMILES string of the molecule is CC(C)[CH2][Al]([CH2]C(C)C)[c]1ccccc1C(F)(F)F. The Morgan fingerprint density at radius 1 is 0.947 bits per heavy atom. The van der Waals surface area contributed by atoms with E-state index < -0.39 is 25.9 Å². The third-order valence-electron chi connectivity index (χ3n) is 3.22. The second-order valence-corrected chi connectivity index (χ2v) is 9.00. The highest BCUT2D eigenvalue weighted by Gasteiger charge is 2.36. The van der Waals surface area contributed by atoms with E-state index in [1.165, 1.54) is 12.1 Å². The molecule has 0 nitrogen and oxygen atoms in total. The molecule has 0 saturated heterocycles. The minimum Gasteiger partial charge on any atom is -0.166 e. The number of hydrogen-bond acceptors (Lipinski definition) is 0. The van der Waals surface area contributed by atoms with Gasteiger partial charge in [-0.2, -0.15) is 13.2 Å². The lowest BCUT2D eigenvalue weighted by atomic mass is 10.2. The van der Waals surface area contributed by atoms with Gasteiger partial charge in [0.15, 0.2) is 0 Å². The van der Waals surface area contributed by atoms with Crippen molar-refractivity contribution in [3.05, 3.63) is 29.8 Å². The molecule has 0 aliphatic carbocycles. The van der Waals surface area contributed by atoms with Crippen LogP contribution in [0, 0.1) is 11.8 Å². The topological polar surface area (TPSA) is 0 Å². The first kappa shape index (κ1) is 16.6. The Balaban J connectivity index is 3.14. The summed E-state index contributed by atoms with van der Waals surface area (Å²) in [6.45, 7) is 8.38. The van der Waals surface area contributed by atoms with Crippen molar-refractivity contribution >= 4 is 18.6 Å². The standard InChI is InChI=1S/C7H4F3.2C4H9.Al/c8-7(9,10)6-4-2-1-3-5-6;2*1-4(2)3;/h1-4H;2*4H,1H2,2-3H3;. The summed E-state index contributed by atoms with van der Waals surface area (Å²) in [5.74, 6) is 0.911. The van der Waals surface area contributed by atoms with Crippen molar-refractivity contribution in [1.29, 1.82) is 0 Å². The molecular formula is C15H22AlF3. The van der Waals surface area contributed by atoms with Gasteiger partial charge in [0.25, 0.3) is 0 Å². The van der Waals surface area contributed by atoms with Gasteiger partial charge < -0.3 is 0 Å². The summed E-state index contributed by atoms with van der Waals surface area (Å²) in [4.78, 5) is 0. The van der Waals surface area contributed by atoms with Crippen molar-refractivity contribution in [2.45, 2.75) is 44.4 Å². The number of alkyl halides is 3. The lowest BCUT2D eigenvalue weighted by molar-refractivity contribution is -0.136. The van der Waals surface area contributed by atoms with E-state index in [-0.39, 0.29) is 0 Å². The molecule has 0 heterocycles. The number of benzene rings is 1. The molecule has 4 heteroatoms. The summed E-state index contributed by atoms with van der Waals surface area (Å²) in [5, 5.41) is 1.87. The van der Waals surface area contributed by atoms with E-state index >= 15 is 0 Å². The highest BCUT2D eigenvalue weighted by Crippen LogP contribution is 2.29. The van der Waals surface area contributed by atoms with Gasteiger partial charge in [0.2, 0.25) is 0 Å². The summed E-state index contributed by atoms with van der Waals surface area (Å²) in [7, 11) is 0. The molecule has 0 fully saturated rings. The maximum atomic E-state index is 13.1. The van der Waals surface area contributed by atoms with Gasteiger partial charge >= 0.3 is 20.3 Å². The Bertz CT molecular complexity index is 387. The maximum Gasteiger partial charge on any atom is 0.415 e. The van der Waals surface area contributed by atoms with Crippen LogP contribution in [-0.2, 0) is 6.18 Å². The molecular weight excluding hydrogens is 264 g/mol. The van der Waals surface area contributed by atoms with Gasteiger partial charge in [0, 0.05) is 5.56 Å². The van der Waals surface area contributed by atoms with Crippen molar-refractivity contribution < 1.29 is 13.2 Å². The van der Waals surface area contributed by atoms with Crippen molar-refractivity contribution in [1.82, 2.24) is 0 Å². The van der Waals surface area contributed by atoms with E-state index in [1.54, 1.807) is 12.1 Å². The fraction of sp³-hybridized carbons (Fsp3) is 0.600. The van der Waals surface area contributed by atoms with Crippen molar-refractivity contribution in [3.63, 3.8) is 0 Å². The van der Waals surface area contributed by atoms with Gasteiger partial charge in [-0.25, -0.2) is 0 Å². The molecule has 0 atom stereocenters. The van der Waals surface area contributed by atoms with E-state index in [0.29, 0.717) is 16.3 Å². The van der Waals surface area contributed by atoms with Gasteiger partial charge in [0.1, 0.15) is 0 Å². The van der Waals surface area contributed by atoms with Gasteiger partial charge in [-0.1, -0.05) is 78.8 Å². The molecule has 19 heavy (non-hydrogen) atoms. The molecule has 0 aliphatic rings. The Morgan fingerprint density at radius 2 is 1.42 bits per heavy atom. The van der Waals surface area contributed by atoms with Crippen molar-refractivity contribution in [2.75, 3.05) is 0 Å². The number of rotatable bonds is 5. The largest absolute Gasteiger partial charge is 0.415 e. The van der Waals surface area contributed by atoms with E-state index in [0.717, 1.165) is 10.6 Å². The van der Waals surface area contributed by atoms with E-state index in [9.17, 15) is 13.2 Å². The van der Waals surface area contributed by atoms with Crippen LogP contribution >= 0.6 is 0 Å². The van der Waals surface area contributed by atoms with E-state index in [2.05, 4.69) is 27.7 Å². The quantitative estimate of drug-likeness (QED) is 0.687. The van der Waals surface area contributed by atoms with Crippen LogP contribution in [0.2, 0.25) is 10.6 Å². The predicted octanol–water partition coefficient (Wildman–Crippen LogP) is 4.72. The fourth-order valence-corrected chi connectivity index (χ4v) is 6.66. The number of hydrogen-bond donors (Lipinski definition) is 0. The fourth-order valence-electron chi connectivity index (χ4n) is 2.60. The van der Waals surface area contributed by atoms with E-state index in [4.69, 9.17) is 0 Å². The molecule has 1 aromatic carbocycles. The van der Waals surface area contributed by atoms with Gasteiger partial charge in [-0.05, 0) is 0 Å². The van der Waals surface area contributed by atoms with Gasteiger partial charge in [0.05, 0.1) is 0 Å². The average Bonchev–Trinajstić information content (AvgIpc) is 2.25. The predicted molar refractivity (Wildman–Crippen MR) is 76.1 cm³/mol. The zero-order chi connectivity index (χ0) is 14.6. The van der Waals surface area contributed by atoms with Crippen LogP contribution in [0.3, 0.4) is 0 Å². The summed E-state index contributed by atoms with van der Waals surface area (Å²) >= 11 is -1.57. The highest BCUT2D eigenvalue weighted by atomic mass is 27.2. The van der Waals surface area contributed by atoms with Crippen molar-refractivity contribution in [2.24, 2.45) is 11.8 Å². The summed E-state index contributed by atoms with van der Waals surface area (Å²) in [6, 6.07) is 6.16. The van der Waals surface area contributed by atoms with Crippen LogP contribution in [-0.4, -0.2) is 14.1 Å². The molecule has 0 bridgehead atoms. The van der Waals surface area contributed by atoms with Gasteiger partial charge in [-0.3, -0.25) is 0 Å². The zero-order valence-corrected chi connectivity index (χ0v) is 13.2. The Morgan fingerprint density at radius 3 is 1.84 bits per heavy atom.